The quantitative estimate of drug-likeness (QED) is 0.494. The van der Waals surface area contributed by atoms with Crippen LogP contribution in [0.1, 0.15) is 46.6 Å². The van der Waals surface area contributed by atoms with Crippen LogP contribution in [0.15, 0.2) is 65.8 Å². The molecule has 6 heteroatoms. The molecule has 1 amide bonds. The van der Waals surface area contributed by atoms with Gasteiger partial charge in [0.2, 0.25) is 0 Å². The molecule has 0 bridgehead atoms. The summed E-state index contributed by atoms with van der Waals surface area (Å²) in [4.78, 5) is 20.2. The van der Waals surface area contributed by atoms with Gasteiger partial charge in [-0.1, -0.05) is 35.9 Å². The molecule has 33 heavy (non-hydrogen) atoms. The van der Waals surface area contributed by atoms with Gasteiger partial charge in [-0.15, -0.1) is 11.3 Å². The van der Waals surface area contributed by atoms with Gasteiger partial charge in [0.05, 0.1) is 5.51 Å². The third-order valence-electron chi connectivity index (χ3n) is 6.41. The molecule has 1 saturated heterocycles. The minimum absolute atomic E-state index is 0.0740. The highest BCUT2D eigenvalue weighted by atomic mass is 32.1. The maximum absolute atomic E-state index is 12.8. The minimum atomic E-state index is 0.0740. The summed E-state index contributed by atoms with van der Waals surface area (Å²) in [5, 5.41) is 3.57. The van der Waals surface area contributed by atoms with Crippen LogP contribution in [0.3, 0.4) is 0 Å². The number of hydrogen-bond donors (Lipinski definition) is 2. The van der Waals surface area contributed by atoms with Crippen molar-refractivity contribution >= 4 is 28.5 Å². The molecule has 0 spiro atoms. The summed E-state index contributed by atoms with van der Waals surface area (Å²) in [5.41, 5.74) is 14.7. The molecule has 1 fully saturated rings. The Morgan fingerprint density at radius 2 is 1.85 bits per heavy atom. The second-order valence-corrected chi connectivity index (χ2v) is 9.34. The van der Waals surface area contributed by atoms with Gasteiger partial charge in [-0.2, -0.15) is 0 Å². The summed E-state index contributed by atoms with van der Waals surface area (Å²) in [5.74, 6) is 0.440. The third kappa shape index (κ3) is 5.18. The number of nitrogens with one attached hydrogen (secondary N) is 1. The molecule has 1 atom stereocenters. The number of thiazole rings is 1. The predicted molar refractivity (Wildman–Crippen MR) is 137 cm³/mol. The number of carbonyl (C=O) groups is 1. The summed E-state index contributed by atoms with van der Waals surface area (Å²) < 4.78 is 0. The Balaban J connectivity index is 1.79. The van der Waals surface area contributed by atoms with Crippen LogP contribution < -0.4 is 11.1 Å². The molecule has 2 aromatic carbocycles. The molecular weight excluding hydrogens is 428 g/mol. The number of para-hydroxylation sites is 1. The second kappa shape index (κ2) is 10.8. The number of amides is 1. The summed E-state index contributed by atoms with van der Waals surface area (Å²) in [7, 11) is 0. The summed E-state index contributed by atoms with van der Waals surface area (Å²) >= 11 is 1.71. The monoisotopic (exact) mass is 460 g/mol. The van der Waals surface area contributed by atoms with Crippen LogP contribution in [-0.2, 0) is 6.42 Å². The fourth-order valence-corrected chi connectivity index (χ4v) is 5.32. The third-order valence-corrected chi connectivity index (χ3v) is 7.21. The van der Waals surface area contributed by atoms with E-state index in [9.17, 15) is 4.79 Å². The number of hydrogen-bond acceptors (Lipinski definition) is 5. The Morgan fingerprint density at radius 3 is 2.52 bits per heavy atom. The fraction of sp³-hybridized carbons (Fsp3) is 0.333. The van der Waals surface area contributed by atoms with Crippen LogP contribution in [0.4, 0.5) is 5.69 Å². The number of nitrogens with two attached hydrogens (primary N) is 1. The SMILES string of the molecule is CCN(CC)C(=O)c1ccc(C(=C2CCNCC2Cc2cncs2)c2ccccc2N)cc1. The smallest absolute Gasteiger partial charge is 0.253 e. The van der Waals surface area contributed by atoms with E-state index in [1.165, 1.54) is 16.0 Å². The van der Waals surface area contributed by atoms with Gasteiger partial charge in [0.25, 0.3) is 5.91 Å². The van der Waals surface area contributed by atoms with E-state index in [-0.39, 0.29) is 5.91 Å². The lowest BCUT2D eigenvalue weighted by molar-refractivity contribution is 0.0773. The van der Waals surface area contributed by atoms with Crippen LogP contribution >= 0.6 is 11.3 Å². The summed E-state index contributed by atoms with van der Waals surface area (Å²) in [6.45, 7) is 7.32. The van der Waals surface area contributed by atoms with Crippen LogP contribution in [0.5, 0.6) is 0 Å². The van der Waals surface area contributed by atoms with Gasteiger partial charge in [-0.3, -0.25) is 9.78 Å². The Morgan fingerprint density at radius 1 is 1.12 bits per heavy atom. The molecular formula is C27H32N4OS. The number of aromatic nitrogens is 1. The Hall–Kier alpha value is -2.96. The van der Waals surface area contributed by atoms with E-state index >= 15 is 0 Å². The van der Waals surface area contributed by atoms with Crippen molar-refractivity contribution in [2.45, 2.75) is 26.7 Å². The first-order valence-electron chi connectivity index (χ1n) is 11.7. The molecule has 0 aliphatic carbocycles. The highest BCUT2D eigenvalue weighted by molar-refractivity contribution is 7.09. The maximum Gasteiger partial charge on any atom is 0.253 e. The normalized spacial score (nSPS) is 17.6. The highest BCUT2D eigenvalue weighted by Crippen LogP contribution is 2.37. The van der Waals surface area contributed by atoms with Crippen LogP contribution in [0.2, 0.25) is 0 Å². The van der Waals surface area contributed by atoms with E-state index in [2.05, 4.69) is 28.5 Å². The molecule has 1 aliphatic rings. The molecule has 2 heterocycles. The van der Waals surface area contributed by atoms with Crippen LogP contribution in [0, 0.1) is 5.92 Å². The molecule has 0 saturated carbocycles. The number of piperidine rings is 1. The first kappa shape index (κ1) is 23.2. The molecule has 172 valence electrons. The molecule has 1 aliphatic heterocycles. The molecule has 1 aromatic heterocycles. The lowest BCUT2D eigenvalue weighted by Crippen LogP contribution is -2.33. The van der Waals surface area contributed by atoms with Gasteiger partial charge in [0.1, 0.15) is 0 Å². The Labute approximate surface area is 200 Å². The number of nitrogen functional groups attached to an aromatic ring is 1. The molecule has 3 N–H and O–H groups in total. The van der Waals surface area contributed by atoms with Crippen molar-refractivity contribution in [3.8, 4) is 0 Å². The first-order valence-corrected chi connectivity index (χ1v) is 12.6. The second-order valence-electron chi connectivity index (χ2n) is 8.37. The average Bonchev–Trinajstić information content (AvgIpc) is 3.36. The number of carbonyl (C=O) groups excluding carboxylic acids is 1. The lowest BCUT2D eigenvalue weighted by Gasteiger charge is -2.30. The number of rotatable bonds is 7. The molecule has 5 nitrogen and oxygen atoms in total. The largest absolute Gasteiger partial charge is 0.398 e. The van der Waals surface area contributed by atoms with E-state index in [1.54, 1.807) is 11.3 Å². The number of benzene rings is 2. The fourth-order valence-electron chi connectivity index (χ4n) is 4.65. The van der Waals surface area contributed by atoms with Gasteiger partial charge in [-0.05, 0) is 68.5 Å². The van der Waals surface area contributed by atoms with Gasteiger partial charge in [0, 0.05) is 47.5 Å². The van der Waals surface area contributed by atoms with Crippen LogP contribution in [-0.4, -0.2) is 42.0 Å². The van der Waals surface area contributed by atoms with Crippen molar-refractivity contribution in [1.29, 1.82) is 0 Å². The molecule has 0 radical (unpaired) electrons. The molecule has 4 rings (SSSR count). The van der Waals surface area contributed by atoms with Gasteiger partial charge in [-0.25, -0.2) is 0 Å². The number of nitrogens with zero attached hydrogens (tertiary/aromatic N) is 2. The van der Waals surface area contributed by atoms with E-state index in [1.807, 2.05) is 60.8 Å². The zero-order chi connectivity index (χ0) is 23.2. The van der Waals surface area contributed by atoms with E-state index in [0.29, 0.717) is 19.0 Å². The van der Waals surface area contributed by atoms with Crippen molar-refractivity contribution in [3.63, 3.8) is 0 Å². The Kier molecular flexibility index (Phi) is 7.57. The molecule has 1 unspecified atom stereocenters. The standard InChI is InChI=1S/C27H32N4OS/c1-3-31(4-2)27(32)20-11-9-19(10-12-20)26(24-7-5-6-8-25(24)28)23-13-14-29-16-21(23)15-22-17-30-18-33-22/h5-12,17-18,21,29H,3-4,13-16,28H2,1-2H3. The van der Waals surface area contributed by atoms with Crippen molar-refractivity contribution < 1.29 is 4.79 Å². The zero-order valence-electron chi connectivity index (χ0n) is 19.4. The predicted octanol–water partition coefficient (Wildman–Crippen LogP) is 4.86. The molecule has 3 aromatic rings. The van der Waals surface area contributed by atoms with Gasteiger partial charge < -0.3 is 16.0 Å². The van der Waals surface area contributed by atoms with Crippen LogP contribution in [0.25, 0.3) is 5.57 Å². The topological polar surface area (TPSA) is 71.2 Å². The number of anilines is 1. The van der Waals surface area contributed by atoms with E-state index in [4.69, 9.17) is 5.73 Å². The lowest BCUT2D eigenvalue weighted by atomic mass is 9.81. The summed E-state index contributed by atoms with van der Waals surface area (Å²) in [6.07, 6.45) is 3.90. The van der Waals surface area contributed by atoms with Crippen molar-refractivity contribution in [2.75, 3.05) is 31.9 Å². The Bertz CT molecular complexity index is 1100. The van der Waals surface area contributed by atoms with Gasteiger partial charge in [0.15, 0.2) is 0 Å². The maximum atomic E-state index is 12.8. The first-order chi connectivity index (χ1) is 16.1. The zero-order valence-corrected chi connectivity index (χ0v) is 20.2. The van der Waals surface area contributed by atoms with E-state index < -0.39 is 0 Å². The highest BCUT2D eigenvalue weighted by Gasteiger charge is 2.25. The van der Waals surface area contributed by atoms with Gasteiger partial charge >= 0.3 is 0 Å². The minimum Gasteiger partial charge on any atom is -0.398 e. The van der Waals surface area contributed by atoms with Crippen molar-refractivity contribution in [2.24, 2.45) is 5.92 Å². The van der Waals surface area contributed by atoms with Crippen molar-refractivity contribution in [3.05, 3.63) is 87.4 Å². The van der Waals surface area contributed by atoms with Crippen molar-refractivity contribution in [1.82, 2.24) is 15.2 Å². The van der Waals surface area contributed by atoms with E-state index in [0.717, 1.165) is 48.3 Å². The average molecular weight is 461 g/mol. The summed E-state index contributed by atoms with van der Waals surface area (Å²) in [6, 6.07) is 16.2.